The highest BCUT2D eigenvalue weighted by atomic mass is 16.5. The van der Waals surface area contributed by atoms with Crippen LogP contribution in [0.5, 0.6) is 5.88 Å². The van der Waals surface area contributed by atoms with E-state index in [4.69, 9.17) is 10.5 Å². The fourth-order valence-corrected chi connectivity index (χ4v) is 2.84. The molecule has 6 nitrogen and oxygen atoms in total. The van der Waals surface area contributed by atoms with Crippen LogP contribution in [-0.2, 0) is 4.79 Å². The highest BCUT2D eigenvalue weighted by molar-refractivity contribution is 6.00. The third-order valence-corrected chi connectivity index (χ3v) is 4.17. The molecule has 0 bridgehead atoms. The number of rotatable bonds is 3. The highest BCUT2D eigenvalue weighted by Crippen LogP contribution is 2.27. The number of hydrogen-bond acceptors (Lipinski definition) is 5. The number of fused-ring (bicyclic) bond motifs is 1. The van der Waals surface area contributed by atoms with Crippen molar-refractivity contribution in [2.24, 2.45) is 11.7 Å². The number of ether oxygens (including phenoxy) is 1. The predicted octanol–water partition coefficient (Wildman–Crippen LogP) is 2.09. The normalized spacial score (nSPS) is 21.5. The summed E-state index contributed by atoms with van der Waals surface area (Å²) in [6.45, 7) is 0. The van der Waals surface area contributed by atoms with Crippen molar-refractivity contribution in [1.82, 2.24) is 9.97 Å². The molecule has 22 heavy (non-hydrogen) atoms. The zero-order valence-electron chi connectivity index (χ0n) is 12.6. The van der Waals surface area contributed by atoms with Gasteiger partial charge in [0.25, 0.3) is 0 Å². The van der Waals surface area contributed by atoms with Gasteiger partial charge >= 0.3 is 0 Å². The molecular formula is C16H20N4O2. The molecule has 0 saturated heterocycles. The van der Waals surface area contributed by atoms with E-state index in [-0.39, 0.29) is 17.9 Å². The van der Waals surface area contributed by atoms with Gasteiger partial charge in [0.15, 0.2) is 0 Å². The lowest BCUT2D eigenvalue weighted by molar-refractivity contribution is -0.120. The summed E-state index contributed by atoms with van der Waals surface area (Å²) in [7, 11) is 1.56. The Morgan fingerprint density at radius 2 is 2.05 bits per heavy atom. The van der Waals surface area contributed by atoms with Gasteiger partial charge in [-0.2, -0.15) is 0 Å². The van der Waals surface area contributed by atoms with Gasteiger partial charge < -0.3 is 15.8 Å². The number of anilines is 1. The summed E-state index contributed by atoms with van der Waals surface area (Å²) < 4.78 is 5.14. The van der Waals surface area contributed by atoms with Crippen LogP contribution in [0.25, 0.3) is 11.0 Å². The summed E-state index contributed by atoms with van der Waals surface area (Å²) >= 11 is 0. The molecule has 1 aliphatic rings. The minimum Gasteiger partial charge on any atom is -0.481 e. The van der Waals surface area contributed by atoms with Crippen LogP contribution in [0.3, 0.4) is 0 Å². The van der Waals surface area contributed by atoms with E-state index in [0.29, 0.717) is 17.1 Å². The molecule has 2 aromatic rings. The topological polar surface area (TPSA) is 90.1 Å². The number of pyridine rings is 2. The first-order valence-corrected chi connectivity index (χ1v) is 7.53. The Morgan fingerprint density at radius 1 is 1.27 bits per heavy atom. The Labute approximate surface area is 129 Å². The van der Waals surface area contributed by atoms with Crippen LogP contribution in [0.4, 0.5) is 5.69 Å². The average molecular weight is 300 g/mol. The molecule has 0 aromatic carbocycles. The number of carbonyl (C=O) groups excluding carboxylic acids is 1. The van der Waals surface area contributed by atoms with E-state index in [0.717, 1.165) is 31.2 Å². The van der Waals surface area contributed by atoms with Crippen LogP contribution in [0.15, 0.2) is 24.4 Å². The number of nitrogens with zero attached hydrogens (tertiary/aromatic N) is 2. The molecule has 1 saturated carbocycles. The third-order valence-electron chi connectivity index (χ3n) is 4.17. The maximum atomic E-state index is 12.4. The molecule has 116 valence electrons. The maximum Gasteiger partial charge on any atom is 0.227 e. The Morgan fingerprint density at radius 3 is 2.77 bits per heavy atom. The first-order chi connectivity index (χ1) is 10.7. The van der Waals surface area contributed by atoms with Gasteiger partial charge in [0.2, 0.25) is 11.8 Å². The van der Waals surface area contributed by atoms with E-state index in [9.17, 15) is 4.79 Å². The largest absolute Gasteiger partial charge is 0.481 e. The van der Waals surface area contributed by atoms with Crippen molar-refractivity contribution in [3.05, 3.63) is 24.4 Å². The molecule has 1 fully saturated rings. The number of carbonyl (C=O) groups is 1. The van der Waals surface area contributed by atoms with Crippen LogP contribution in [0, 0.1) is 5.92 Å². The van der Waals surface area contributed by atoms with Crippen LogP contribution < -0.4 is 15.8 Å². The summed E-state index contributed by atoms with van der Waals surface area (Å²) in [5.41, 5.74) is 7.93. The maximum absolute atomic E-state index is 12.4. The van der Waals surface area contributed by atoms with E-state index in [1.54, 1.807) is 25.4 Å². The van der Waals surface area contributed by atoms with Gasteiger partial charge in [-0.3, -0.25) is 9.78 Å². The number of nitrogens with two attached hydrogens (primary N) is 1. The van der Waals surface area contributed by atoms with E-state index < -0.39 is 0 Å². The monoisotopic (exact) mass is 300 g/mol. The smallest absolute Gasteiger partial charge is 0.227 e. The van der Waals surface area contributed by atoms with Gasteiger partial charge in [0, 0.05) is 24.2 Å². The van der Waals surface area contributed by atoms with Crippen LogP contribution >= 0.6 is 0 Å². The second-order valence-electron chi connectivity index (χ2n) is 5.68. The summed E-state index contributed by atoms with van der Waals surface area (Å²) in [6.07, 6.45) is 5.16. The molecule has 1 amide bonds. The van der Waals surface area contributed by atoms with E-state index in [2.05, 4.69) is 15.3 Å². The molecule has 6 heteroatoms. The van der Waals surface area contributed by atoms with Gasteiger partial charge in [-0.05, 0) is 37.8 Å². The van der Waals surface area contributed by atoms with E-state index in [1.807, 2.05) is 6.07 Å². The van der Waals surface area contributed by atoms with Crippen LogP contribution in [0.1, 0.15) is 25.7 Å². The Kier molecular flexibility index (Phi) is 4.20. The molecule has 3 N–H and O–H groups in total. The summed E-state index contributed by atoms with van der Waals surface area (Å²) in [5.74, 6) is 0.553. The quantitative estimate of drug-likeness (QED) is 0.906. The lowest BCUT2D eigenvalue weighted by Gasteiger charge is -2.25. The number of hydrogen-bond donors (Lipinski definition) is 2. The molecule has 2 aromatic heterocycles. The zero-order chi connectivity index (χ0) is 15.5. The Balaban J connectivity index is 1.82. The lowest BCUT2D eigenvalue weighted by Crippen LogP contribution is -2.32. The third kappa shape index (κ3) is 3.01. The second-order valence-corrected chi connectivity index (χ2v) is 5.68. The number of aromatic nitrogens is 2. The van der Waals surface area contributed by atoms with Gasteiger partial charge in [-0.1, -0.05) is 0 Å². The van der Waals surface area contributed by atoms with Crippen molar-refractivity contribution < 1.29 is 9.53 Å². The first kappa shape index (κ1) is 14.7. The van der Waals surface area contributed by atoms with E-state index in [1.165, 1.54) is 0 Å². The molecular weight excluding hydrogens is 280 g/mol. The van der Waals surface area contributed by atoms with Gasteiger partial charge in [-0.15, -0.1) is 0 Å². The van der Waals surface area contributed by atoms with Crippen molar-refractivity contribution in [3.63, 3.8) is 0 Å². The lowest BCUT2D eigenvalue weighted by atomic mass is 9.86. The predicted molar refractivity (Wildman–Crippen MR) is 84.7 cm³/mol. The summed E-state index contributed by atoms with van der Waals surface area (Å²) in [4.78, 5) is 21.1. The number of amides is 1. The second kappa shape index (κ2) is 6.27. The highest BCUT2D eigenvalue weighted by Gasteiger charge is 2.25. The zero-order valence-corrected chi connectivity index (χ0v) is 12.6. The minimum absolute atomic E-state index is 0.0219. The summed E-state index contributed by atoms with van der Waals surface area (Å²) in [5, 5.41) is 2.98. The summed E-state index contributed by atoms with van der Waals surface area (Å²) in [6, 6.07) is 5.58. The molecule has 2 heterocycles. The molecule has 0 spiro atoms. The van der Waals surface area contributed by atoms with Gasteiger partial charge in [0.1, 0.15) is 5.52 Å². The van der Waals surface area contributed by atoms with Crippen molar-refractivity contribution >= 4 is 22.6 Å². The van der Waals surface area contributed by atoms with Gasteiger partial charge in [0.05, 0.1) is 18.3 Å². The van der Waals surface area contributed by atoms with Crippen molar-refractivity contribution in [3.8, 4) is 5.88 Å². The molecule has 0 atom stereocenters. The fraction of sp³-hybridized carbons (Fsp3) is 0.438. The van der Waals surface area contributed by atoms with Crippen LogP contribution in [-0.4, -0.2) is 29.0 Å². The van der Waals surface area contributed by atoms with Crippen molar-refractivity contribution in [1.29, 1.82) is 0 Å². The first-order valence-electron chi connectivity index (χ1n) is 7.53. The van der Waals surface area contributed by atoms with Crippen molar-refractivity contribution in [2.45, 2.75) is 31.7 Å². The minimum atomic E-state index is 0.0219. The van der Waals surface area contributed by atoms with E-state index >= 15 is 0 Å². The Bertz CT molecular complexity index is 681. The van der Waals surface area contributed by atoms with Gasteiger partial charge in [-0.25, -0.2) is 4.98 Å². The van der Waals surface area contributed by atoms with Crippen LogP contribution in [0.2, 0.25) is 0 Å². The standard InChI is InChI=1S/C16H20N4O2/c1-22-14-7-6-12-15(20-14)13(8-9-18-12)19-16(21)10-2-4-11(17)5-3-10/h6-11H,2-5,17H2,1H3,(H,18,19,21). The molecule has 3 rings (SSSR count). The van der Waals surface area contributed by atoms with Crippen molar-refractivity contribution in [2.75, 3.05) is 12.4 Å². The molecule has 1 aliphatic carbocycles. The number of methoxy groups -OCH3 is 1. The Hall–Kier alpha value is -2.21. The molecule has 0 radical (unpaired) electrons. The SMILES string of the molecule is COc1ccc2nccc(NC(=O)C3CCC(N)CC3)c2n1. The average Bonchev–Trinajstić information content (AvgIpc) is 2.55. The molecule has 0 aliphatic heterocycles. The fourth-order valence-electron chi connectivity index (χ4n) is 2.84. The number of nitrogens with one attached hydrogen (secondary N) is 1. The molecule has 0 unspecified atom stereocenters.